The highest BCUT2D eigenvalue weighted by molar-refractivity contribution is 6.30. The molecule has 3 aromatic carbocycles. The van der Waals surface area contributed by atoms with Crippen LogP contribution in [0, 0.1) is 5.82 Å². The van der Waals surface area contributed by atoms with E-state index in [0.717, 1.165) is 30.4 Å². The van der Waals surface area contributed by atoms with Gasteiger partial charge in [-0.25, -0.2) is 9.18 Å². The minimum absolute atomic E-state index is 0. The Labute approximate surface area is 197 Å². The topological polar surface area (TPSA) is 69.6 Å². The van der Waals surface area contributed by atoms with Crippen LogP contribution in [0.1, 0.15) is 39.6 Å². The van der Waals surface area contributed by atoms with Crippen LogP contribution in [-0.2, 0) is 12.8 Å². The number of aliphatic hydroxyl groups is 1. The second-order valence-corrected chi connectivity index (χ2v) is 8.34. The lowest BCUT2D eigenvalue weighted by molar-refractivity contribution is 0.0692. The van der Waals surface area contributed by atoms with Gasteiger partial charge in [-0.15, -0.1) is 12.4 Å². The second-order valence-electron chi connectivity index (χ2n) is 7.90. The number of rotatable bonds is 6. The fourth-order valence-corrected chi connectivity index (χ4v) is 4.19. The first kappa shape index (κ1) is 24.2. The van der Waals surface area contributed by atoms with Crippen molar-refractivity contribution in [2.24, 2.45) is 0 Å². The quantitative estimate of drug-likeness (QED) is 0.443. The first-order valence-corrected chi connectivity index (χ1v) is 10.6. The van der Waals surface area contributed by atoms with E-state index in [0.29, 0.717) is 17.1 Å². The van der Waals surface area contributed by atoms with Crippen molar-refractivity contribution in [2.75, 3.05) is 6.54 Å². The van der Waals surface area contributed by atoms with E-state index < -0.39 is 17.9 Å². The maximum Gasteiger partial charge on any atom is 0.338 e. The number of carboxylic acid groups (broad SMARTS) is 1. The van der Waals surface area contributed by atoms with Gasteiger partial charge < -0.3 is 15.5 Å². The largest absolute Gasteiger partial charge is 0.478 e. The number of aliphatic hydroxyl groups excluding tert-OH is 1. The minimum Gasteiger partial charge on any atom is -0.478 e. The lowest BCUT2D eigenvalue weighted by Crippen LogP contribution is -2.37. The summed E-state index contributed by atoms with van der Waals surface area (Å²) in [5.41, 5.74) is 4.48. The molecule has 0 fully saturated rings. The minimum atomic E-state index is -1.28. The molecule has 0 saturated carbocycles. The van der Waals surface area contributed by atoms with Crippen LogP contribution in [0.15, 0.2) is 60.7 Å². The number of nitrogens with one attached hydrogen (secondary N) is 1. The number of hydrogen-bond donors (Lipinski definition) is 3. The summed E-state index contributed by atoms with van der Waals surface area (Å²) in [5.74, 6) is -2.02. The van der Waals surface area contributed by atoms with E-state index in [-0.39, 0.29) is 24.0 Å². The summed E-state index contributed by atoms with van der Waals surface area (Å²) in [5, 5.41) is 23.7. The highest BCUT2D eigenvalue weighted by Gasteiger charge is 2.20. The van der Waals surface area contributed by atoms with Crippen molar-refractivity contribution in [2.45, 2.75) is 31.4 Å². The molecule has 0 heterocycles. The maximum atomic E-state index is 13.7. The molecule has 0 aromatic heterocycles. The van der Waals surface area contributed by atoms with Gasteiger partial charge in [0.1, 0.15) is 5.82 Å². The molecule has 2 atom stereocenters. The molecule has 1 aliphatic carbocycles. The number of halogens is 3. The zero-order valence-corrected chi connectivity index (χ0v) is 18.8. The van der Waals surface area contributed by atoms with Gasteiger partial charge in [0.05, 0.1) is 11.7 Å². The number of benzene rings is 3. The summed E-state index contributed by atoms with van der Waals surface area (Å²) in [6, 6.07) is 17.7. The number of carboxylic acids is 1. The summed E-state index contributed by atoms with van der Waals surface area (Å²) in [6.07, 6.45) is 2.09. The van der Waals surface area contributed by atoms with Crippen molar-refractivity contribution in [1.29, 1.82) is 0 Å². The molecular formula is C25H24Cl2FNO3. The molecule has 0 radical (unpaired) electrons. The third-order valence-corrected chi connectivity index (χ3v) is 6.07. The summed E-state index contributed by atoms with van der Waals surface area (Å²) >= 11 is 5.91. The molecule has 0 bridgehead atoms. The van der Waals surface area contributed by atoms with Gasteiger partial charge in [-0.1, -0.05) is 48.0 Å². The van der Waals surface area contributed by atoms with Crippen LogP contribution in [0.4, 0.5) is 4.39 Å². The Balaban J connectivity index is 0.00000289. The Morgan fingerprint density at radius 1 is 1.06 bits per heavy atom. The van der Waals surface area contributed by atoms with Gasteiger partial charge in [0.2, 0.25) is 0 Å². The predicted molar refractivity (Wildman–Crippen MR) is 126 cm³/mol. The summed E-state index contributed by atoms with van der Waals surface area (Å²) < 4.78 is 13.7. The van der Waals surface area contributed by atoms with E-state index in [1.165, 1.54) is 23.3 Å². The second kappa shape index (κ2) is 10.5. The molecule has 0 aliphatic heterocycles. The van der Waals surface area contributed by atoms with Crippen LogP contribution >= 0.6 is 24.0 Å². The Bertz CT molecular complexity index is 1100. The highest BCUT2D eigenvalue weighted by atomic mass is 35.5. The zero-order chi connectivity index (χ0) is 22.0. The SMILES string of the molecule is Cl.O=C(O)c1cc(-c2ccc3c(c2)C[C@@H](NC[C@H](O)c2ccc(Cl)cc2)CC3)ccc1F. The number of aryl methyl sites for hydroxylation is 1. The third-order valence-electron chi connectivity index (χ3n) is 5.82. The van der Waals surface area contributed by atoms with E-state index in [1.54, 1.807) is 18.2 Å². The smallest absolute Gasteiger partial charge is 0.338 e. The molecule has 3 aromatic rings. The van der Waals surface area contributed by atoms with Crippen LogP contribution < -0.4 is 5.32 Å². The van der Waals surface area contributed by atoms with Crippen molar-refractivity contribution in [3.63, 3.8) is 0 Å². The van der Waals surface area contributed by atoms with Crippen LogP contribution in [-0.4, -0.2) is 28.8 Å². The van der Waals surface area contributed by atoms with Crippen molar-refractivity contribution in [3.8, 4) is 11.1 Å². The number of fused-ring (bicyclic) bond motifs is 1. The molecule has 168 valence electrons. The van der Waals surface area contributed by atoms with Crippen LogP contribution in [0.25, 0.3) is 11.1 Å². The summed E-state index contributed by atoms with van der Waals surface area (Å²) in [6.45, 7) is 0.446. The zero-order valence-electron chi connectivity index (χ0n) is 17.2. The maximum absolute atomic E-state index is 13.7. The molecular weight excluding hydrogens is 452 g/mol. The average Bonchev–Trinajstić information content (AvgIpc) is 2.77. The normalized spacial score (nSPS) is 16.0. The molecule has 32 heavy (non-hydrogen) atoms. The van der Waals surface area contributed by atoms with Gasteiger partial charge in [0, 0.05) is 17.6 Å². The Hall–Kier alpha value is -2.44. The third kappa shape index (κ3) is 5.48. The van der Waals surface area contributed by atoms with Crippen LogP contribution in [0.5, 0.6) is 0 Å². The van der Waals surface area contributed by atoms with E-state index in [1.807, 2.05) is 18.2 Å². The van der Waals surface area contributed by atoms with E-state index in [9.17, 15) is 19.4 Å². The predicted octanol–water partition coefficient (Wildman–Crippen LogP) is 5.45. The molecule has 4 nitrogen and oxygen atoms in total. The fourth-order valence-electron chi connectivity index (χ4n) is 4.06. The Morgan fingerprint density at radius 2 is 1.75 bits per heavy atom. The lowest BCUT2D eigenvalue weighted by atomic mass is 9.86. The Kier molecular flexibility index (Phi) is 7.91. The summed E-state index contributed by atoms with van der Waals surface area (Å²) in [7, 11) is 0. The van der Waals surface area contributed by atoms with Crippen molar-refractivity contribution in [3.05, 3.63) is 93.8 Å². The monoisotopic (exact) mass is 475 g/mol. The van der Waals surface area contributed by atoms with Crippen LogP contribution in [0.3, 0.4) is 0 Å². The van der Waals surface area contributed by atoms with Gasteiger partial charge in [-0.2, -0.15) is 0 Å². The van der Waals surface area contributed by atoms with E-state index >= 15 is 0 Å². The molecule has 0 spiro atoms. The highest BCUT2D eigenvalue weighted by Crippen LogP contribution is 2.29. The Morgan fingerprint density at radius 3 is 2.47 bits per heavy atom. The molecule has 0 saturated heterocycles. The van der Waals surface area contributed by atoms with Crippen molar-refractivity contribution >= 4 is 30.0 Å². The number of aromatic carboxylic acids is 1. The molecule has 3 N–H and O–H groups in total. The summed E-state index contributed by atoms with van der Waals surface area (Å²) in [4.78, 5) is 11.3. The molecule has 7 heteroatoms. The van der Waals surface area contributed by atoms with E-state index in [2.05, 4.69) is 17.4 Å². The van der Waals surface area contributed by atoms with Gasteiger partial charge in [-0.05, 0) is 71.3 Å². The molecule has 0 unspecified atom stereocenters. The lowest BCUT2D eigenvalue weighted by Gasteiger charge is -2.27. The molecule has 4 rings (SSSR count). The first-order chi connectivity index (χ1) is 14.9. The van der Waals surface area contributed by atoms with E-state index in [4.69, 9.17) is 11.6 Å². The number of hydrogen-bond acceptors (Lipinski definition) is 3. The standard InChI is InChI=1S/C25H23ClFNO3.ClH/c26-20-7-3-16(4-8-20)24(29)14-28-21-9-5-15-1-2-17(11-19(15)12-21)18-6-10-23(27)22(13-18)25(30)31;/h1-4,6-8,10-11,13,21,24,28-29H,5,9,12,14H2,(H,30,31);1H/t21-,24-;/m0./s1. The molecule has 1 aliphatic rings. The van der Waals surface area contributed by atoms with Crippen LogP contribution in [0.2, 0.25) is 5.02 Å². The first-order valence-electron chi connectivity index (χ1n) is 10.2. The van der Waals surface area contributed by atoms with Crippen molar-refractivity contribution in [1.82, 2.24) is 5.32 Å². The van der Waals surface area contributed by atoms with Gasteiger partial charge in [0.15, 0.2) is 0 Å². The van der Waals surface area contributed by atoms with Crippen molar-refractivity contribution < 1.29 is 19.4 Å². The fraction of sp³-hybridized carbons (Fsp3) is 0.240. The van der Waals surface area contributed by atoms with Gasteiger partial charge >= 0.3 is 5.97 Å². The van der Waals surface area contributed by atoms with Gasteiger partial charge in [0.25, 0.3) is 0 Å². The van der Waals surface area contributed by atoms with Gasteiger partial charge in [-0.3, -0.25) is 0 Å². The average molecular weight is 476 g/mol. The molecule has 0 amide bonds. The number of carbonyl (C=O) groups is 1.